The van der Waals surface area contributed by atoms with Crippen molar-refractivity contribution in [1.29, 1.82) is 0 Å². The van der Waals surface area contributed by atoms with Crippen molar-refractivity contribution in [3.8, 4) is 28.6 Å². The van der Waals surface area contributed by atoms with Gasteiger partial charge in [0.05, 0.1) is 5.56 Å². The highest BCUT2D eigenvalue weighted by Crippen LogP contribution is 2.26. The van der Waals surface area contributed by atoms with Crippen molar-refractivity contribution in [3.63, 3.8) is 0 Å². The molecular formula is C22H15ClFN3O3. The fraction of sp³-hybridized carbons (Fsp3) is 0.0455. The van der Waals surface area contributed by atoms with Gasteiger partial charge in [-0.25, -0.2) is 4.39 Å². The summed E-state index contributed by atoms with van der Waals surface area (Å²) in [7, 11) is 0. The number of nitrogens with zero attached hydrogens (tertiary/aromatic N) is 2. The number of anilines is 1. The van der Waals surface area contributed by atoms with Gasteiger partial charge in [0.1, 0.15) is 11.6 Å². The van der Waals surface area contributed by atoms with E-state index in [1.807, 2.05) is 0 Å². The summed E-state index contributed by atoms with van der Waals surface area (Å²) in [4.78, 5) is 16.3. The van der Waals surface area contributed by atoms with Gasteiger partial charge in [0, 0.05) is 16.3 Å². The molecule has 8 heteroatoms. The lowest BCUT2D eigenvalue weighted by Gasteiger charge is -2.08. The summed E-state index contributed by atoms with van der Waals surface area (Å²) in [6.45, 7) is -0.192. The molecule has 4 aromatic rings. The van der Waals surface area contributed by atoms with Crippen LogP contribution in [0.15, 0.2) is 77.3 Å². The van der Waals surface area contributed by atoms with E-state index in [-0.39, 0.29) is 29.8 Å². The van der Waals surface area contributed by atoms with E-state index in [0.29, 0.717) is 22.0 Å². The van der Waals surface area contributed by atoms with E-state index >= 15 is 0 Å². The Morgan fingerprint density at radius 1 is 1.07 bits per heavy atom. The third-order valence-corrected chi connectivity index (χ3v) is 4.34. The number of nitrogens with one attached hydrogen (secondary N) is 1. The molecule has 0 bridgehead atoms. The number of aromatic nitrogens is 2. The number of halogens is 2. The van der Waals surface area contributed by atoms with Gasteiger partial charge < -0.3 is 14.6 Å². The minimum atomic E-state index is -0.449. The third kappa shape index (κ3) is 4.64. The molecular weight excluding hydrogens is 409 g/mol. The molecule has 150 valence electrons. The number of benzene rings is 3. The van der Waals surface area contributed by atoms with Crippen LogP contribution in [-0.4, -0.2) is 22.7 Å². The molecule has 1 aromatic heterocycles. The zero-order valence-electron chi connectivity index (χ0n) is 15.5. The molecule has 0 aliphatic carbocycles. The first kappa shape index (κ1) is 19.6. The number of ether oxygens (including phenoxy) is 1. The van der Waals surface area contributed by atoms with Crippen molar-refractivity contribution in [2.75, 3.05) is 11.9 Å². The first-order valence-corrected chi connectivity index (χ1v) is 9.33. The Labute approximate surface area is 176 Å². The van der Waals surface area contributed by atoms with Crippen LogP contribution >= 0.6 is 11.6 Å². The number of carbonyl (C=O) groups is 1. The topological polar surface area (TPSA) is 77.2 Å². The smallest absolute Gasteiger partial charge is 0.262 e. The maximum Gasteiger partial charge on any atom is 0.262 e. The summed E-state index contributed by atoms with van der Waals surface area (Å²) in [5.41, 5.74) is 1.41. The normalized spacial score (nSPS) is 10.6. The average Bonchev–Trinajstić information content (AvgIpc) is 3.23. The number of rotatable bonds is 6. The third-order valence-electron chi connectivity index (χ3n) is 4.10. The summed E-state index contributed by atoms with van der Waals surface area (Å²) in [5, 5.41) is 7.13. The molecule has 0 aliphatic heterocycles. The Morgan fingerprint density at radius 3 is 2.73 bits per heavy atom. The van der Waals surface area contributed by atoms with E-state index < -0.39 is 5.82 Å². The van der Waals surface area contributed by atoms with Crippen LogP contribution in [0.5, 0.6) is 5.75 Å². The molecule has 0 unspecified atom stereocenters. The molecule has 4 rings (SSSR count). The van der Waals surface area contributed by atoms with Gasteiger partial charge in [0.2, 0.25) is 5.82 Å². The molecule has 1 amide bonds. The quantitative estimate of drug-likeness (QED) is 0.460. The molecule has 1 heterocycles. The maximum atomic E-state index is 13.9. The Morgan fingerprint density at radius 2 is 1.90 bits per heavy atom. The predicted octanol–water partition coefficient (Wildman–Crippen LogP) is 5.21. The van der Waals surface area contributed by atoms with E-state index in [1.54, 1.807) is 66.7 Å². The fourth-order valence-corrected chi connectivity index (χ4v) is 2.91. The summed E-state index contributed by atoms with van der Waals surface area (Å²) in [5.74, 6) is 0.0305. The Balaban J connectivity index is 1.43. The standard InChI is InChI=1S/C22H15ClFN3O3/c23-15-6-4-7-16(12-15)25-20(28)13-29-17-8-3-5-14(11-17)21-26-22(30-27-21)18-9-1-2-10-19(18)24/h1-12H,13H2,(H,25,28). The lowest BCUT2D eigenvalue weighted by atomic mass is 10.2. The highest BCUT2D eigenvalue weighted by Gasteiger charge is 2.14. The highest BCUT2D eigenvalue weighted by atomic mass is 35.5. The predicted molar refractivity (Wildman–Crippen MR) is 111 cm³/mol. The van der Waals surface area contributed by atoms with Gasteiger partial charge >= 0.3 is 0 Å². The molecule has 0 radical (unpaired) electrons. The summed E-state index contributed by atoms with van der Waals surface area (Å²) in [6.07, 6.45) is 0. The fourth-order valence-electron chi connectivity index (χ4n) is 2.72. The van der Waals surface area contributed by atoms with Gasteiger partial charge in [-0.3, -0.25) is 4.79 Å². The van der Waals surface area contributed by atoms with Crippen LogP contribution < -0.4 is 10.1 Å². The SMILES string of the molecule is O=C(COc1cccc(-c2noc(-c3ccccc3F)n2)c1)Nc1cccc(Cl)c1. The second-order valence-corrected chi connectivity index (χ2v) is 6.71. The van der Waals surface area contributed by atoms with Crippen molar-refractivity contribution < 1.29 is 18.4 Å². The molecule has 6 nitrogen and oxygen atoms in total. The number of hydrogen-bond acceptors (Lipinski definition) is 5. The zero-order valence-corrected chi connectivity index (χ0v) is 16.3. The first-order valence-electron chi connectivity index (χ1n) is 8.96. The van der Waals surface area contributed by atoms with E-state index in [1.165, 1.54) is 6.07 Å². The van der Waals surface area contributed by atoms with Crippen molar-refractivity contribution in [2.45, 2.75) is 0 Å². The Kier molecular flexibility index (Phi) is 5.72. The van der Waals surface area contributed by atoms with Crippen molar-refractivity contribution in [3.05, 3.63) is 83.6 Å². The van der Waals surface area contributed by atoms with Gasteiger partial charge in [0.15, 0.2) is 6.61 Å². The summed E-state index contributed by atoms with van der Waals surface area (Å²) < 4.78 is 24.6. The van der Waals surface area contributed by atoms with Crippen LogP contribution in [0.3, 0.4) is 0 Å². The van der Waals surface area contributed by atoms with Gasteiger partial charge in [-0.2, -0.15) is 4.98 Å². The van der Waals surface area contributed by atoms with E-state index in [9.17, 15) is 9.18 Å². The van der Waals surface area contributed by atoms with Crippen LogP contribution in [0, 0.1) is 5.82 Å². The van der Waals surface area contributed by atoms with Gasteiger partial charge in [-0.05, 0) is 42.5 Å². The summed E-state index contributed by atoms with van der Waals surface area (Å²) in [6, 6.07) is 19.8. The average molecular weight is 424 g/mol. The van der Waals surface area contributed by atoms with Gasteiger partial charge in [-0.1, -0.05) is 47.1 Å². The van der Waals surface area contributed by atoms with Crippen LogP contribution in [0.1, 0.15) is 0 Å². The molecule has 3 aromatic carbocycles. The highest BCUT2D eigenvalue weighted by molar-refractivity contribution is 6.30. The first-order chi connectivity index (χ1) is 14.6. The molecule has 1 N–H and O–H groups in total. The van der Waals surface area contributed by atoms with E-state index in [2.05, 4.69) is 15.5 Å². The molecule has 0 aliphatic rings. The van der Waals surface area contributed by atoms with Crippen molar-refractivity contribution >= 4 is 23.2 Å². The lowest BCUT2D eigenvalue weighted by Crippen LogP contribution is -2.20. The summed E-state index contributed by atoms with van der Waals surface area (Å²) >= 11 is 5.90. The largest absolute Gasteiger partial charge is 0.484 e. The van der Waals surface area contributed by atoms with Gasteiger partial charge in [0.25, 0.3) is 11.8 Å². The molecule has 30 heavy (non-hydrogen) atoms. The van der Waals surface area contributed by atoms with E-state index in [0.717, 1.165) is 0 Å². The van der Waals surface area contributed by atoms with Gasteiger partial charge in [-0.15, -0.1) is 0 Å². The lowest BCUT2D eigenvalue weighted by molar-refractivity contribution is -0.118. The maximum absolute atomic E-state index is 13.9. The van der Waals surface area contributed by atoms with Crippen molar-refractivity contribution in [1.82, 2.24) is 10.1 Å². The minimum Gasteiger partial charge on any atom is -0.484 e. The Bertz CT molecular complexity index is 1200. The molecule has 0 saturated heterocycles. The van der Waals surface area contributed by atoms with Crippen molar-refractivity contribution in [2.24, 2.45) is 0 Å². The molecule has 0 atom stereocenters. The Hall–Kier alpha value is -3.71. The van der Waals surface area contributed by atoms with E-state index in [4.69, 9.17) is 20.9 Å². The monoisotopic (exact) mass is 423 g/mol. The van der Waals surface area contributed by atoms with Crippen LogP contribution in [0.2, 0.25) is 5.02 Å². The van der Waals surface area contributed by atoms with Crippen LogP contribution in [-0.2, 0) is 4.79 Å². The molecule has 0 spiro atoms. The number of amides is 1. The second kappa shape index (κ2) is 8.75. The van der Waals surface area contributed by atoms with Crippen LogP contribution in [0.25, 0.3) is 22.8 Å². The second-order valence-electron chi connectivity index (χ2n) is 6.28. The molecule has 0 saturated carbocycles. The number of hydrogen-bond donors (Lipinski definition) is 1. The number of carbonyl (C=O) groups excluding carboxylic acids is 1. The minimum absolute atomic E-state index is 0.0790. The van der Waals surface area contributed by atoms with Crippen LogP contribution in [0.4, 0.5) is 10.1 Å². The zero-order chi connectivity index (χ0) is 20.9. The molecule has 0 fully saturated rings.